The van der Waals surface area contributed by atoms with Gasteiger partial charge in [0.05, 0.1) is 0 Å². The Morgan fingerprint density at radius 1 is 1.62 bits per heavy atom. The number of rotatable bonds is 4. The van der Waals surface area contributed by atoms with Crippen LogP contribution in [-0.2, 0) is 17.6 Å². The fourth-order valence-electron chi connectivity index (χ4n) is 1.09. The van der Waals surface area contributed by atoms with Gasteiger partial charge in [0, 0.05) is 18.0 Å². The van der Waals surface area contributed by atoms with Gasteiger partial charge in [-0.3, -0.25) is 4.79 Å². The van der Waals surface area contributed by atoms with E-state index in [0.717, 1.165) is 0 Å². The Morgan fingerprint density at radius 2 is 2.50 bits per heavy atom. The summed E-state index contributed by atoms with van der Waals surface area (Å²) in [5, 5.41) is 8.70. The lowest BCUT2D eigenvalue weighted by Crippen LogP contribution is -2.14. The molecule has 0 fully saturated rings. The second-order valence-corrected chi connectivity index (χ2v) is 3.91. The number of aryl methyl sites for hydroxylation is 1. The SMILES string of the molecule is CCc1noc(CC(=O)Nc2nccs2)n1. The van der Waals surface area contributed by atoms with Gasteiger partial charge in [0.2, 0.25) is 11.8 Å². The molecule has 0 saturated heterocycles. The van der Waals surface area contributed by atoms with Crippen molar-refractivity contribution in [2.45, 2.75) is 19.8 Å². The third kappa shape index (κ3) is 2.63. The Morgan fingerprint density at radius 3 is 3.12 bits per heavy atom. The first-order chi connectivity index (χ1) is 7.78. The van der Waals surface area contributed by atoms with Crippen molar-refractivity contribution in [1.29, 1.82) is 0 Å². The molecule has 2 rings (SSSR count). The lowest BCUT2D eigenvalue weighted by molar-refractivity contribution is -0.115. The number of thiazole rings is 1. The zero-order chi connectivity index (χ0) is 11.4. The minimum atomic E-state index is -0.207. The van der Waals surface area contributed by atoms with E-state index in [0.29, 0.717) is 23.3 Å². The maximum absolute atomic E-state index is 11.5. The first-order valence-corrected chi connectivity index (χ1v) is 5.66. The molecule has 6 nitrogen and oxygen atoms in total. The van der Waals surface area contributed by atoms with Crippen LogP contribution in [-0.4, -0.2) is 21.0 Å². The van der Waals surface area contributed by atoms with Gasteiger partial charge in [-0.1, -0.05) is 12.1 Å². The molecule has 2 aromatic rings. The van der Waals surface area contributed by atoms with Crippen molar-refractivity contribution >= 4 is 22.4 Å². The van der Waals surface area contributed by atoms with E-state index in [1.165, 1.54) is 11.3 Å². The molecule has 0 radical (unpaired) electrons. The maximum atomic E-state index is 11.5. The third-order valence-electron chi connectivity index (χ3n) is 1.82. The number of amides is 1. The smallest absolute Gasteiger partial charge is 0.236 e. The number of nitrogens with one attached hydrogen (secondary N) is 1. The van der Waals surface area contributed by atoms with Crippen LogP contribution in [0.25, 0.3) is 0 Å². The number of hydrogen-bond acceptors (Lipinski definition) is 6. The Bertz CT molecular complexity index is 466. The highest BCUT2D eigenvalue weighted by Crippen LogP contribution is 2.10. The van der Waals surface area contributed by atoms with Crippen molar-refractivity contribution in [2.75, 3.05) is 5.32 Å². The average molecular weight is 238 g/mol. The van der Waals surface area contributed by atoms with Crippen LogP contribution in [0.15, 0.2) is 16.1 Å². The first kappa shape index (κ1) is 10.7. The summed E-state index contributed by atoms with van der Waals surface area (Å²) in [4.78, 5) is 19.5. The number of nitrogens with zero attached hydrogens (tertiary/aromatic N) is 3. The summed E-state index contributed by atoms with van der Waals surface area (Å²) in [7, 11) is 0. The van der Waals surface area contributed by atoms with Crippen LogP contribution in [0.5, 0.6) is 0 Å². The minimum Gasteiger partial charge on any atom is -0.339 e. The number of anilines is 1. The van der Waals surface area contributed by atoms with Gasteiger partial charge in [-0.2, -0.15) is 4.98 Å². The molecule has 2 aromatic heterocycles. The highest BCUT2D eigenvalue weighted by molar-refractivity contribution is 7.13. The van der Waals surface area contributed by atoms with Crippen LogP contribution in [0.3, 0.4) is 0 Å². The monoisotopic (exact) mass is 238 g/mol. The normalized spacial score (nSPS) is 10.3. The van der Waals surface area contributed by atoms with Crippen LogP contribution in [0.2, 0.25) is 0 Å². The predicted octanol–water partition coefficient (Wildman–Crippen LogP) is 1.27. The molecule has 0 aliphatic rings. The molecule has 16 heavy (non-hydrogen) atoms. The predicted molar refractivity (Wildman–Crippen MR) is 58.1 cm³/mol. The summed E-state index contributed by atoms with van der Waals surface area (Å²) in [6, 6.07) is 0. The van der Waals surface area contributed by atoms with Gasteiger partial charge in [0.15, 0.2) is 11.0 Å². The Labute approximate surface area is 95.7 Å². The van der Waals surface area contributed by atoms with Gasteiger partial charge in [-0.05, 0) is 0 Å². The third-order valence-corrected chi connectivity index (χ3v) is 2.51. The van der Waals surface area contributed by atoms with Crippen LogP contribution in [0, 0.1) is 0 Å². The lowest BCUT2D eigenvalue weighted by atomic mass is 10.4. The standard InChI is InChI=1S/C9H10N4O2S/c1-2-6-11-8(15-13-6)5-7(14)12-9-10-3-4-16-9/h3-4H,2,5H2,1H3,(H,10,12,14). The summed E-state index contributed by atoms with van der Waals surface area (Å²) < 4.78 is 4.91. The van der Waals surface area contributed by atoms with E-state index in [-0.39, 0.29) is 12.3 Å². The summed E-state index contributed by atoms with van der Waals surface area (Å²) in [6.07, 6.45) is 2.40. The molecule has 0 saturated carbocycles. The van der Waals surface area contributed by atoms with Crippen molar-refractivity contribution in [3.63, 3.8) is 0 Å². The Kier molecular flexibility index (Phi) is 3.25. The van der Waals surface area contributed by atoms with Crippen molar-refractivity contribution in [3.8, 4) is 0 Å². The van der Waals surface area contributed by atoms with E-state index >= 15 is 0 Å². The molecule has 2 heterocycles. The summed E-state index contributed by atoms with van der Waals surface area (Å²) in [5.41, 5.74) is 0. The molecule has 84 valence electrons. The fourth-order valence-corrected chi connectivity index (χ4v) is 1.64. The van der Waals surface area contributed by atoms with E-state index in [1.807, 2.05) is 6.92 Å². The number of hydrogen-bond donors (Lipinski definition) is 1. The molecule has 1 amide bonds. The van der Waals surface area contributed by atoms with Gasteiger partial charge in [-0.25, -0.2) is 4.98 Å². The van der Waals surface area contributed by atoms with Crippen LogP contribution in [0.1, 0.15) is 18.6 Å². The van der Waals surface area contributed by atoms with Crippen molar-refractivity contribution < 1.29 is 9.32 Å². The molecule has 0 bridgehead atoms. The van der Waals surface area contributed by atoms with Crippen molar-refractivity contribution in [2.24, 2.45) is 0 Å². The molecule has 0 aliphatic carbocycles. The number of carbonyl (C=O) groups is 1. The quantitative estimate of drug-likeness (QED) is 0.867. The maximum Gasteiger partial charge on any atom is 0.236 e. The number of aromatic nitrogens is 3. The van der Waals surface area contributed by atoms with Gasteiger partial charge in [0.25, 0.3) is 0 Å². The first-order valence-electron chi connectivity index (χ1n) is 4.78. The van der Waals surface area contributed by atoms with Gasteiger partial charge in [0.1, 0.15) is 6.42 Å². The number of carbonyl (C=O) groups excluding carboxylic acids is 1. The summed E-state index contributed by atoms with van der Waals surface area (Å²) in [6.45, 7) is 1.92. The van der Waals surface area contributed by atoms with Crippen LogP contribution < -0.4 is 5.32 Å². The largest absolute Gasteiger partial charge is 0.339 e. The molecular weight excluding hydrogens is 228 g/mol. The topological polar surface area (TPSA) is 80.9 Å². The summed E-state index contributed by atoms with van der Waals surface area (Å²) >= 11 is 1.36. The lowest BCUT2D eigenvalue weighted by Gasteiger charge is -1.96. The highest BCUT2D eigenvalue weighted by Gasteiger charge is 2.11. The molecular formula is C9H10N4O2S. The fraction of sp³-hybridized carbons (Fsp3) is 0.333. The van der Waals surface area contributed by atoms with E-state index in [2.05, 4.69) is 20.4 Å². The molecule has 0 aliphatic heterocycles. The van der Waals surface area contributed by atoms with Crippen molar-refractivity contribution in [3.05, 3.63) is 23.3 Å². The van der Waals surface area contributed by atoms with Gasteiger partial charge >= 0.3 is 0 Å². The minimum absolute atomic E-state index is 0.0760. The molecule has 0 aromatic carbocycles. The molecule has 0 atom stereocenters. The Hall–Kier alpha value is -1.76. The zero-order valence-corrected chi connectivity index (χ0v) is 9.45. The second-order valence-electron chi connectivity index (χ2n) is 3.02. The van der Waals surface area contributed by atoms with E-state index in [1.54, 1.807) is 11.6 Å². The van der Waals surface area contributed by atoms with Crippen LogP contribution >= 0.6 is 11.3 Å². The zero-order valence-electron chi connectivity index (χ0n) is 8.64. The molecule has 0 unspecified atom stereocenters. The molecule has 0 spiro atoms. The highest BCUT2D eigenvalue weighted by atomic mass is 32.1. The molecule has 7 heteroatoms. The Balaban J connectivity index is 1.92. The average Bonchev–Trinajstić information content (AvgIpc) is 2.89. The van der Waals surface area contributed by atoms with Crippen LogP contribution in [0.4, 0.5) is 5.13 Å². The van der Waals surface area contributed by atoms with E-state index in [4.69, 9.17) is 4.52 Å². The molecule has 1 N–H and O–H groups in total. The van der Waals surface area contributed by atoms with E-state index in [9.17, 15) is 4.79 Å². The second kappa shape index (κ2) is 4.84. The van der Waals surface area contributed by atoms with Gasteiger partial charge in [-0.15, -0.1) is 11.3 Å². The van der Waals surface area contributed by atoms with E-state index < -0.39 is 0 Å². The summed E-state index contributed by atoms with van der Waals surface area (Å²) in [5.74, 6) is 0.726. The van der Waals surface area contributed by atoms with Gasteiger partial charge < -0.3 is 9.84 Å². The van der Waals surface area contributed by atoms with Crippen molar-refractivity contribution in [1.82, 2.24) is 15.1 Å².